The fraction of sp³-hybridized carbons (Fsp3) is 0.391. The molecule has 0 spiro atoms. The molecule has 6 nitrogen and oxygen atoms in total. The van der Waals surface area contributed by atoms with Gasteiger partial charge in [0, 0.05) is 32.7 Å². The predicted octanol–water partition coefficient (Wildman–Crippen LogP) is 1.71. The zero-order chi connectivity index (χ0) is 20.6. The van der Waals surface area contributed by atoms with Crippen molar-refractivity contribution in [3.63, 3.8) is 0 Å². The Balaban J connectivity index is 1.71. The monoisotopic (exact) mass is 395 g/mol. The lowest BCUT2D eigenvalue weighted by molar-refractivity contribution is -0.139. The van der Waals surface area contributed by atoms with Crippen molar-refractivity contribution in [2.24, 2.45) is 0 Å². The summed E-state index contributed by atoms with van der Waals surface area (Å²) in [6.45, 7) is 4.55. The predicted molar refractivity (Wildman–Crippen MR) is 112 cm³/mol. The molecule has 2 N–H and O–H groups in total. The van der Waals surface area contributed by atoms with Crippen molar-refractivity contribution in [2.45, 2.75) is 32.5 Å². The van der Waals surface area contributed by atoms with Crippen LogP contribution in [0.5, 0.6) is 0 Å². The molecule has 1 aliphatic rings. The summed E-state index contributed by atoms with van der Waals surface area (Å²) in [5.41, 5.74) is 3.34. The van der Waals surface area contributed by atoms with E-state index in [9.17, 15) is 14.7 Å². The van der Waals surface area contributed by atoms with Gasteiger partial charge in [0.25, 0.3) is 0 Å². The van der Waals surface area contributed by atoms with E-state index in [0.717, 1.165) is 11.1 Å². The molecule has 1 aliphatic heterocycles. The lowest BCUT2D eigenvalue weighted by atomic mass is 10.0. The summed E-state index contributed by atoms with van der Waals surface area (Å²) in [5, 5.41) is 12.3. The van der Waals surface area contributed by atoms with Gasteiger partial charge >= 0.3 is 0 Å². The molecule has 0 aliphatic carbocycles. The second-order valence-corrected chi connectivity index (χ2v) is 7.43. The zero-order valence-corrected chi connectivity index (χ0v) is 16.9. The highest BCUT2D eigenvalue weighted by Crippen LogP contribution is 2.18. The van der Waals surface area contributed by atoms with Crippen LogP contribution in [-0.4, -0.2) is 59.0 Å². The number of rotatable bonds is 8. The standard InChI is InChI=1S/C23H29N3O3/c1-18-7-5-6-10-20(18)17-25-12-11-24-23(29)21(25)15-22(28)26(13-14-27)16-19-8-3-2-4-9-19/h2-10,21,27H,11-17H2,1H3,(H,24,29). The molecule has 0 bridgehead atoms. The van der Waals surface area contributed by atoms with E-state index >= 15 is 0 Å². The van der Waals surface area contributed by atoms with Crippen LogP contribution in [0.25, 0.3) is 0 Å². The lowest BCUT2D eigenvalue weighted by Crippen LogP contribution is -2.56. The Morgan fingerprint density at radius 3 is 2.62 bits per heavy atom. The summed E-state index contributed by atoms with van der Waals surface area (Å²) in [6, 6.07) is 17.3. The van der Waals surface area contributed by atoms with Crippen LogP contribution in [0.2, 0.25) is 0 Å². The van der Waals surface area contributed by atoms with Crippen molar-refractivity contribution in [3.05, 3.63) is 71.3 Å². The molecule has 6 heteroatoms. The van der Waals surface area contributed by atoms with Crippen molar-refractivity contribution in [1.82, 2.24) is 15.1 Å². The van der Waals surface area contributed by atoms with E-state index in [2.05, 4.69) is 29.3 Å². The molecule has 0 saturated carbocycles. The van der Waals surface area contributed by atoms with Crippen LogP contribution < -0.4 is 5.32 Å². The van der Waals surface area contributed by atoms with Gasteiger partial charge in [-0.1, -0.05) is 54.6 Å². The van der Waals surface area contributed by atoms with Crippen molar-refractivity contribution in [1.29, 1.82) is 0 Å². The van der Waals surface area contributed by atoms with Gasteiger partial charge in [-0.2, -0.15) is 0 Å². The third-order valence-electron chi connectivity index (χ3n) is 5.38. The summed E-state index contributed by atoms with van der Waals surface area (Å²) in [4.78, 5) is 29.3. The summed E-state index contributed by atoms with van der Waals surface area (Å²) in [5.74, 6) is -0.235. The average molecular weight is 396 g/mol. The van der Waals surface area contributed by atoms with E-state index in [1.807, 2.05) is 42.5 Å². The number of aryl methyl sites for hydroxylation is 1. The van der Waals surface area contributed by atoms with Gasteiger partial charge in [-0.25, -0.2) is 0 Å². The first-order chi connectivity index (χ1) is 14.1. The van der Waals surface area contributed by atoms with E-state index < -0.39 is 6.04 Å². The molecule has 154 valence electrons. The van der Waals surface area contributed by atoms with Gasteiger partial charge in [-0.05, 0) is 23.6 Å². The van der Waals surface area contributed by atoms with Crippen molar-refractivity contribution >= 4 is 11.8 Å². The minimum Gasteiger partial charge on any atom is -0.395 e. The number of carbonyl (C=O) groups is 2. The number of carbonyl (C=O) groups excluding carboxylic acids is 2. The van der Waals surface area contributed by atoms with E-state index in [1.165, 1.54) is 5.56 Å². The van der Waals surface area contributed by atoms with Crippen LogP contribution in [0.15, 0.2) is 54.6 Å². The average Bonchev–Trinajstić information content (AvgIpc) is 2.72. The second-order valence-electron chi connectivity index (χ2n) is 7.43. The number of hydrogen-bond donors (Lipinski definition) is 2. The molecule has 1 fully saturated rings. The molecule has 2 amide bonds. The first-order valence-corrected chi connectivity index (χ1v) is 10.1. The highest BCUT2D eigenvalue weighted by molar-refractivity contribution is 5.88. The maximum Gasteiger partial charge on any atom is 0.237 e. The van der Waals surface area contributed by atoms with Crippen LogP contribution in [-0.2, 0) is 22.7 Å². The molecular weight excluding hydrogens is 366 g/mol. The van der Waals surface area contributed by atoms with Crippen molar-refractivity contribution in [3.8, 4) is 0 Å². The quantitative estimate of drug-likeness (QED) is 0.714. The molecule has 2 aromatic rings. The molecule has 29 heavy (non-hydrogen) atoms. The number of nitrogens with one attached hydrogen (secondary N) is 1. The fourth-order valence-electron chi connectivity index (χ4n) is 3.69. The minimum atomic E-state index is -0.507. The van der Waals surface area contributed by atoms with Crippen molar-refractivity contribution < 1.29 is 14.7 Å². The van der Waals surface area contributed by atoms with Gasteiger partial charge in [0.2, 0.25) is 11.8 Å². The molecule has 2 aromatic carbocycles. The number of aliphatic hydroxyl groups excluding tert-OH is 1. The Morgan fingerprint density at radius 2 is 1.90 bits per heavy atom. The van der Waals surface area contributed by atoms with Crippen LogP contribution in [0.3, 0.4) is 0 Å². The first kappa shape index (κ1) is 21.0. The molecule has 0 aromatic heterocycles. The SMILES string of the molecule is Cc1ccccc1CN1CCNC(=O)C1CC(=O)N(CCO)Cc1ccccc1. The number of nitrogens with zero attached hydrogens (tertiary/aromatic N) is 2. The lowest BCUT2D eigenvalue weighted by Gasteiger charge is -2.36. The van der Waals surface area contributed by atoms with E-state index in [1.54, 1.807) is 4.90 Å². The number of aliphatic hydroxyl groups is 1. The van der Waals surface area contributed by atoms with Gasteiger partial charge in [0.15, 0.2) is 0 Å². The number of amides is 2. The number of hydrogen-bond acceptors (Lipinski definition) is 4. The zero-order valence-electron chi connectivity index (χ0n) is 16.9. The largest absolute Gasteiger partial charge is 0.395 e. The van der Waals surface area contributed by atoms with Crippen LogP contribution in [0.4, 0.5) is 0 Å². The van der Waals surface area contributed by atoms with Gasteiger partial charge in [0.05, 0.1) is 19.1 Å². The molecule has 1 heterocycles. The van der Waals surface area contributed by atoms with Crippen LogP contribution >= 0.6 is 0 Å². The Kier molecular flexibility index (Phi) is 7.38. The third-order valence-corrected chi connectivity index (χ3v) is 5.38. The molecule has 1 unspecified atom stereocenters. The van der Waals surface area contributed by atoms with E-state index in [4.69, 9.17) is 0 Å². The molecule has 0 radical (unpaired) electrons. The Labute approximate surface area is 172 Å². The number of benzene rings is 2. The van der Waals surface area contributed by atoms with Crippen LogP contribution in [0, 0.1) is 6.92 Å². The Morgan fingerprint density at radius 1 is 1.17 bits per heavy atom. The molecule has 3 rings (SSSR count). The highest BCUT2D eigenvalue weighted by atomic mass is 16.3. The Hall–Kier alpha value is -2.70. The summed E-state index contributed by atoms with van der Waals surface area (Å²) < 4.78 is 0. The maximum atomic E-state index is 13.0. The normalized spacial score (nSPS) is 17.0. The fourth-order valence-corrected chi connectivity index (χ4v) is 3.69. The third kappa shape index (κ3) is 5.65. The summed E-state index contributed by atoms with van der Waals surface area (Å²) in [7, 11) is 0. The van der Waals surface area contributed by atoms with Gasteiger partial charge < -0.3 is 15.3 Å². The smallest absolute Gasteiger partial charge is 0.237 e. The maximum absolute atomic E-state index is 13.0. The second kappa shape index (κ2) is 10.2. The van der Waals surface area contributed by atoms with Crippen molar-refractivity contribution in [2.75, 3.05) is 26.2 Å². The highest BCUT2D eigenvalue weighted by Gasteiger charge is 2.33. The molecule has 1 atom stereocenters. The first-order valence-electron chi connectivity index (χ1n) is 10.1. The van der Waals surface area contributed by atoms with Gasteiger partial charge in [0.1, 0.15) is 0 Å². The minimum absolute atomic E-state index is 0.102. The van der Waals surface area contributed by atoms with Gasteiger partial charge in [-0.15, -0.1) is 0 Å². The topological polar surface area (TPSA) is 72.9 Å². The summed E-state index contributed by atoms with van der Waals surface area (Å²) >= 11 is 0. The Bertz CT molecular complexity index is 825. The number of piperazine rings is 1. The summed E-state index contributed by atoms with van der Waals surface area (Å²) in [6.07, 6.45) is 0.102. The van der Waals surface area contributed by atoms with E-state index in [-0.39, 0.29) is 31.4 Å². The van der Waals surface area contributed by atoms with Crippen LogP contribution in [0.1, 0.15) is 23.1 Å². The van der Waals surface area contributed by atoms with Gasteiger partial charge in [-0.3, -0.25) is 14.5 Å². The molecular formula is C23H29N3O3. The molecule has 1 saturated heterocycles. The van der Waals surface area contributed by atoms with E-state index in [0.29, 0.717) is 26.2 Å².